The molecular formula is C13H18N2O3. The van der Waals surface area contributed by atoms with Crippen LogP contribution in [0, 0.1) is 0 Å². The molecular weight excluding hydrogens is 232 g/mol. The summed E-state index contributed by atoms with van der Waals surface area (Å²) in [6.07, 6.45) is 0.939. The third-order valence-corrected chi connectivity index (χ3v) is 2.59. The van der Waals surface area contributed by atoms with Crippen LogP contribution in [0.3, 0.4) is 0 Å². The van der Waals surface area contributed by atoms with Crippen molar-refractivity contribution in [2.45, 2.75) is 31.8 Å². The lowest BCUT2D eigenvalue weighted by Crippen LogP contribution is -2.47. The molecule has 0 fully saturated rings. The summed E-state index contributed by atoms with van der Waals surface area (Å²) >= 11 is 0. The number of carbonyl (C=O) groups excluding carboxylic acids is 1. The maximum absolute atomic E-state index is 11.4. The average Bonchev–Trinajstić information content (AvgIpc) is 2.34. The predicted octanol–water partition coefficient (Wildman–Crippen LogP) is 0.536. The standard InChI is InChI=1S/C13H18N2O3/c1-9(14)12(16)15-11(13(17)18)8-7-10-5-3-2-4-6-10/h2-6,9,11H,7-8,14H2,1H3,(H,15,16)(H,17,18)/t9-,11?/m1/s1. The lowest BCUT2D eigenvalue weighted by atomic mass is 10.1. The Morgan fingerprint density at radius 1 is 1.33 bits per heavy atom. The molecule has 5 heteroatoms. The average molecular weight is 250 g/mol. The van der Waals surface area contributed by atoms with Gasteiger partial charge in [-0.3, -0.25) is 4.79 Å². The van der Waals surface area contributed by atoms with Crippen molar-refractivity contribution in [3.63, 3.8) is 0 Å². The van der Waals surface area contributed by atoms with E-state index in [2.05, 4.69) is 5.32 Å². The molecule has 0 saturated heterocycles. The number of carbonyl (C=O) groups is 2. The Morgan fingerprint density at radius 3 is 2.44 bits per heavy atom. The summed E-state index contributed by atoms with van der Waals surface area (Å²) in [6.45, 7) is 1.52. The van der Waals surface area contributed by atoms with Gasteiger partial charge in [0, 0.05) is 0 Å². The molecule has 0 bridgehead atoms. The van der Waals surface area contributed by atoms with E-state index in [4.69, 9.17) is 10.8 Å². The van der Waals surface area contributed by atoms with Crippen molar-refractivity contribution in [1.82, 2.24) is 5.32 Å². The van der Waals surface area contributed by atoms with Gasteiger partial charge in [0.15, 0.2) is 0 Å². The van der Waals surface area contributed by atoms with E-state index in [1.54, 1.807) is 0 Å². The second kappa shape index (κ2) is 6.76. The molecule has 1 aromatic carbocycles. The Balaban J connectivity index is 2.54. The van der Waals surface area contributed by atoms with Crippen LogP contribution in [0.15, 0.2) is 30.3 Å². The number of nitrogens with one attached hydrogen (secondary N) is 1. The number of aliphatic carboxylic acids is 1. The fourth-order valence-corrected chi connectivity index (χ4v) is 1.52. The highest BCUT2D eigenvalue weighted by molar-refractivity contribution is 5.86. The molecule has 0 spiro atoms. The van der Waals surface area contributed by atoms with Crippen LogP contribution in [-0.2, 0) is 16.0 Å². The van der Waals surface area contributed by atoms with Gasteiger partial charge >= 0.3 is 5.97 Å². The van der Waals surface area contributed by atoms with Crippen LogP contribution in [0.25, 0.3) is 0 Å². The number of carboxylic acids is 1. The number of rotatable bonds is 6. The van der Waals surface area contributed by atoms with Gasteiger partial charge in [-0.1, -0.05) is 30.3 Å². The van der Waals surface area contributed by atoms with Crippen molar-refractivity contribution in [2.24, 2.45) is 5.73 Å². The van der Waals surface area contributed by atoms with E-state index in [9.17, 15) is 9.59 Å². The summed E-state index contributed by atoms with van der Waals surface area (Å²) in [5.41, 5.74) is 6.43. The maximum atomic E-state index is 11.4. The molecule has 18 heavy (non-hydrogen) atoms. The van der Waals surface area contributed by atoms with E-state index >= 15 is 0 Å². The molecule has 0 aliphatic carbocycles. The molecule has 0 radical (unpaired) electrons. The molecule has 0 saturated carbocycles. The summed E-state index contributed by atoms with van der Waals surface area (Å²) in [4.78, 5) is 22.4. The van der Waals surface area contributed by atoms with E-state index in [0.717, 1.165) is 5.56 Å². The zero-order valence-corrected chi connectivity index (χ0v) is 10.3. The molecule has 0 heterocycles. The Hall–Kier alpha value is -1.88. The Kier molecular flexibility index (Phi) is 5.32. The first-order valence-corrected chi connectivity index (χ1v) is 5.83. The van der Waals surface area contributed by atoms with Crippen molar-refractivity contribution < 1.29 is 14.7 Å². The van der Waals surface area contributed by atoms with Gasteiger partial charge in [-0.25, -0.2) is 4.79 Å². The van der Waals surface area contributed by atoms with E-state index in [-0.39, 0.29) is 0 Å². The van der Waals surface area contributed by atoms with Crippen LogP contribution < -0.4 is 11.1 Å². The first-order chi connectivity index (χ1) is 8.50. The lowest BCUT2D eigenvalue weighted by molar-refractivity contribution is -0.142. The molecule has 2 atom stereocenters. The SMILES string of the molecule is C[C@@H](N)C(=O)NC(CCc1ccccc1)C(=O)O. The summed E-state index contributed by atoms with van der Waals surface area (Å²) in [7, 11) is 0. The number of hydrogen-bond acceptors (Lipinski definition) is 3. The number of carboxylic acid groups (broad SMARTS) is 1. The van der Waals surface area contributed by atoms with Gasteiger partial charge < -0.3 is 16.2 Å². The maximum Gasteiger partial charge on any atom is 0.326 e. The quantitative estimate of drug-likeness (QED) is 0.687. The third kappa shape index (κ3) is 4.55. The van der Waals surface area contributed by atoms with Crippen LogP contribution in [0.4, 0.5) is 0 Å². The zero-order chi connectivity index (χ0) is 13.5. The molecule has 0 aliphatic heterocycles. The normalized spacial score (nSPS) is 13.7. The van der Waals surface area contributed by atoms with Crippen LogP contribution in [0.2, 0.25) is 0 Å². The van der Waals surface area contributed by atoms with Gasteiger partial charge in [-0.15, -0.1) is 0 Å². The van der Waals surface area contributed by atoms with Gasteiger partial charge in [0.05, 0.1) is 6.04 Å². The first-order valence-electron chi connectivity index (χ1n) is 5.83. The van der Waals surface area contributed by atoms with Crippen molar-refractivity contribution in [1.29, 1.82) is 0 Å². The summed E-state index contributed by atoms with van der Waals surface area (Å²) < 4.78 is 0. The van der Waals surface area contributed by atoms with Crippen LogP contribution >= 0.6 is 0 Å². The van der Waals surface area contributed by atoms with Crippen LogP contribution in [0.5, 0.6) is 0 Å². The number of benzene rings is 1. The van der Waals surface area contributed by atoms with E-state index in [1.165, 1.54) is 6.92 Å². The number of amides is 1. The fraction of sp³-hybridized carbons (Fsp3) is 0.385. The fourth-order valence-electron chi connectivity index (χ4n) is 1.52. The highest BCUT2D eigenvalue weighted by atomic mass is 16.4. The minimum atomic E-state index is -1.04. The molecule has 1 aromatic rings. The highest BCUT2D eigenvalue weighted by Crippen LogP contribution is 2.05. The van der Waals surface area contributed by atoms with Crippen molar-refractivity contribution >= 4 is 11.9 Å². The van der Waals surface area contributed by atoms with Gasteiger partial charge in [-0.05, 0) is 25.3 Å². The molecule has 5 nitrogen and oxygen atoms in total. The first kappa shape index (κ1) is 14.2. The van der Waals surface area contributed by atoms with Gasteiger partial charge in [0.2, 0.25) is 5.91 Å². The molecule has 1 rings (SSSR count). The van der Waals surface area contributed by atoms with Gasteiger partial charge in [-0.2, -0.15) is 0 Å². The van der Waals surface area contributed by atoms with Crippen LogP contribution in [-0.4, -0.2) is 29.1 Å². The summed E-state index contributed by atoms with van der Waals surface area (Å²) in [6, 6.07) is 7.93. The number of hydrogen-bond donors (Lipinski definition) is 3. The van der Waals surface area contributed by atoms with Gasteiger partial charge in [0.1, 0.15) is 6.04 Å². The van der Waals surface area contributed by atoms with Gasteiger partial charge in [0.25, 0.3) is 0 Å². The van der Waals surface area contributed by atoms with E-state index < -0.39 is 24.0 Å². The van der Waals surface area contributed by atoms with E-state index in [0.29, 0.717) is 12.8 Å². The summed E-state index contributed by atoms with van der Waals surface area (Å²) in [5, 5.41) is 11.4. The van der Waals surface area contributed by atoms with Crippen LogP contribution in [0.1, 0.15) is 18.9 Å². The van der Waals surface area contributed by atoms with E-state index in [1.807, 2.05) is 30.3 Å². The van der Waals surface area contributed by atoms with Crippen molar-refractivity contribution in [3.05, 3.63) is 35.9 Å². The number of aryl methyl sites for hydroxylation is 1. The second-order valence-electron chi connectivity index (χ2n) is 4.21. The Bertz CT molecular complexity index is 404. The molecule has 4 N–H and O–H groups in total. The molecule has 98 valence electrons. The largest absolute Gasteiger partial charge is 0.480 e. The molecule has 1 amide bonds. The third-order valence-electron chi connectivity index (χ3n) is 2.59. The topological polar surface area (TPSA) is 92.4 Å². The lowest BCUT2D eigenvalue weighted by Gasteiger charge is -2.15. The minimum Gasteiger partial charge on any atom is -0.480 e. The predicted molar refractivity (Wildman–Crippen MR) is 68.0 cm³/mol. The smallest absolute Gasteiger partial charge is 0.326 e. The Morgan fingerprint density at radius 2 is 1.94 bits per heavy atom. The molecule has 0 aromatic heterocycles. The monoisotopic (exact) mass is 250 g/mol. The molecule has 1 unspecified atom stereocenters. The minimum absolute atomic E-state index is 0.345. The number of nitrogens with two attached hydrogens (primary N) is 1. The summed E-state index contributed by atoms with van der Waals surface area (Å²) in [5.74, 6) is -1.49. The Labute approximate surface area is 106 Å². The van der Waals surface area contributed by atoms with Crippen molar-refractivity contribution in [3.8, 4) is 0 Å². The second-order valence-corrected chi connectivity index (χ2v) is 4.21. The zero-order valence-electron chi connectivity index (χ0n) is 10.3. The highest BCUT2D eigenvalue weighted by Gasteiger charge is 2.21. The van der Waals surface area contributed by atoms with Crippen molar-refractivity contribution in [2.75, 3.05) is 0 Å². The molecule has 0 aliphatic rings.